The van der Waals surface area contributed by atoms with Gasteiger partial charge in [-0.15, -0.1) is 0 Å². The maximum absolute atomic E-state index is 13.7. The summed E-state index contributed by atoms with van der Waals surface area (Å²) in [5, 5.41) is -0.189. The van der Waals surface area contributed by atoms with Crippen molar-refractivity contribution in [1.29, 1.82) is 0 Å². The van der Waals surface area contributed by atoms with Crippen LogP contribution in [0.3, 0.4) is 0 Å². The first-order chi connectivity index (χ1) is 12.4. The third kappa shape index (κ3) is 4.52. The first kappa shape index (κ1) is 20.2. The van der Waals surface area contributed by atoms with E-state index in [0.29, 0.717) is 5.69 Å². The lowest BCUT2D eigenvalue weighted by molar-refractivity contribution is -0.146. The lowest BCUT2D eigenvalue weighted by Gasteiger charge is -2.17. The molecule has 26 heavy (non-hydrogen) atoms. The molecule has 1 fully saturated rings. The Morgan fingerprint density at radius 2 is 1.88 bits per heavy atom. The van der Waals surface area contributed by atoms with Crippen LogP contribution in [0.5, 0.6) is 5.75 Å². The number of halogens is 2. The third-order valence-electron chi connectivity index (χ3n) is 3.95. The minimum Gasteiger partial charge on any atom is -0.493 e. The van der Waals surface area contributed by atoms with E-state index in [4.69, 9.17) is 25.8 Å². The van der Waals surface area contributed by atoms with E-state index in [-0.39, 0.29) is 35.5 Å². The summed E-state index contributed by atoms with van der Waals surface area (Å²) in [6, 6.07) is 0. The third-order valence-corrected chi connectivity index (χ3v) is 4.30. The lowest BCUT2D eigenvalue weighted by Crippen LogP contribution is -2.20. The summed E-state index contributed by atoms with van der Waals surface area (Å²) in [7, 11) is 1.36. The number of carbonyl (C=O) groups is 2. The number of methoxy groups -OCH3 is 1. The Morgan fingerprint density at radius 3 is 2.35 bits per heavy atom. The molecule has 0 spiro atoms. The molecule has 1 aliphatic rings. The van der Waals surface area contributed by atoms with Crippen LogP contribution in [0.4, 0.5) is 4.39 Å². The molecule has 0 aliphatic heterocycles. The standard InChI is InChI=1S/C18H21ClFNO5/c1-4-25-17(22)12(18(23)26-5-2)8-11(10-6-7-10)15-16(24-3)14(19)13(20)9-21-15/h8-11H,4-7H2,1-3H3. The van der Waals surface area contributed by atoms with Gasteiger partial charge in [-0.25, -0.2) is 14.0 Å². The van der Waals surface area contributed by atoms with Crippen LogP contribution < -0.4 is 4.74 Å². The quantitative estimate of drug-likeness (QED) is 0.295. The number of nitrogens with zero attached hydrogens (tertiary/aromatic N) is 1. The van der Waals surface area contributed by atoms with Gasteiger partial charge in [-0.2, -0.15) is 0 Å². The molecule has 8 heteroatoms. The van der Waals surface area contributed by atoms with Crippen LogP contribution in [0.25, 0.3) is 0 Å². The fourth-order valence-electron chi connectivity index (χ4n) is 2.60. The fourth-order valence-corrected chi connectivity index (χ4v) is 2.83. The second-order valence-corrected chi connectivity index (χ2v) is 6.10. The van der Waals surface area contributed by atoms with Crippen LogP contribution in [0.2, 0.25) is 5.02 Å². The van der Waals surface area contributed by atoms with Gasteiger partial charge in [0.15, 0.2) is 11.6 Å². The summed E-state index contributed by atoms with van der Waals surface area (Å²) < 4.78 is 28.8. The Morgan fingerprint density at radius 1 is 1.31 bits per heavy atom. The molecule has 1 aromatic rings. The number of hydrogen-bond donors (Lipinski definition) is 0. The molecular weight excluding hydrogens is 365 g/mol. The van der Waals surface area contributed by atoms with Gasteiger partial charge in [0.05, 0.1) is 32.2 Å². The number of rotatable bonds is 8. The number of pyridine rings is 1. The fraction of sp³-hybridized carbons (Fsp3) is 0.500. The molecule has 0 bridgehead atoms. The number of aromatic nitrogens is 1. The first-order valence-electron chi connectivity index (χ1n) is 8.38. The van der Waals surface area contributed by atoms with E-state index in [2.05, 4.69) is 4.98 Å². The van der Waals surface area contributed by atoms with Crippen molar-refractivity contribution in [3.63, 3.8) is 0 Å². The average molecular weight is 386 g/mol. The highest BCUT2D eigenvalue weighted by Crippen LogP contribution is 2.47. The van der Waals surface area contributed by atoms with E-state index in [1.807, 2.05) is 0 Å². The smallest absolute Gasteiger partial charge is 0.345 e. The largest absolute Gasteiger partial charge is 0.493 e. The molecule has 0 radical (unpaired) electrons. The summed E-state index contributed by atoms with van der Waals surface area (Å²) in [5.41, 5.74) is 0.155. The molecule has 6 nitrogen and oxygen atoms in total. The first-order valence-corrected chi connectivity index (χ1v) is 8.76. The van der Waals surface area contributed by atoms with Crippen molar-refractivity contribution in [2.24, 2.45) is 5.92 Å². The lowest BCUT2D eigenvalue weighted by atomic mass is 9.95. The number of esters is 2. The van der Waals surface area contributed by atoms with Crippen LogP contribution in [0, 0.1) is 11.7 Å². The molecule has 1 atom stereocenters. The van der Waals surface area contributed by atoms with Gasteiger partial charge in [-0.1, -0.05) is 17.7 Å². The van der Waals surface area contributed by atoms with Gasteiger partial charge in [0.25, 0.3) is 0 Å². The average Bonchev–Trinajstić information content (AvgIpc) is 3.43. The molecule has 142 valence electrons. The highest BCUT2D eigenvalue weighted by atomic mass is 35.5. The highest BCUT2D eigenvalue weighted by Gasteiger charge is 2.37. The Bertz CT molecular complexity index is 698. The van der Waals surface area contributed by atoms with Gasteiger partial charge in [0, 0.05) is 5.92 Å². The molecule has 0 N–H and O–H groups in total. The van der Waals surface area contributed by atoms with E-state index in [0.717, 1.165) is 19.0 Å². The van der Waals surface area contributed by atoms with Crippen LogP contribution in [-0.4, -0.2) is 37.2 Å². The second-order valence-electron chi connectivity index (χ2n) is 5.72. The monoisotopic (exact) mass is 385 g/mol. The molecule has 0 saturated heterocycles. The summed E-state index contributed by atoms with van der Waals surface area (Å²) in [5.74, 6) is -2.48. The van der Waals surface area contributed by atoms with Crippen molar-refractivity contribution in [2.45, 2.75) is 32.6 Å². The summed E-state index contributed by atoms with van der Waals surface area (Å²) in [4.78, 5) is 28.5. The van der Waals surface area contributed by atoms with Gasteiger partial charge in [-0.3, -0.25) is 4.98 Å². The number of carbonyl (C=O) groups excluding carboxylic acids is 2. The summed E-state index contributed by atoms with van der Waals surface area (Å²) in [6.45, 7) is 3.52. The Labute approximate surface area is 156 Å². The Kier molecular flexibility index (Phi) is 6.97. The highest BCUT2D eigenvalue weighted by molar-refractivity contribution is 6.32. The zero-order valence-corrected chi connectivity index (χ0v) is 15.6. The second kappa shape index (κ2) is 8.98. The molecular formula is C18H21ClFNO5. The van der Waals surface area contributed by atoms with Crippen molar-refractivity contribution in [2.75, 3.05) is 20.3 Å². The van der Waals surface area contributed by atoms with Crippen LogP contribution >= 0.6 is 11.6 Å². The van der Waals surface area contributed by atoms with Crippen molar-refractivity contribution in [3.05, 3.63) is 34.4 Å². The number of hydrogen-bond acceptors (Lipinski definition) is 6. The van der Waals surface area contributed by atoms with Crippen molar-refractivity contribution >= 4 is 23.5 Å². The van der Waals surface area contributed by atoms with E-state index in [1.54, 1.807) is 13.8 Å². The van der Waals surface area contributed by atoms with Gasteiger partial charge in [0.1, 0.15) is 10.6 Å². The molecule has 0 amide bonds. The van der Waals surface area contributed by atoms with Crippen LogP contribution in [-0.2, 0) is 19.1 Å². The maximum Gasteiger partial charge on any atom is 0.345 e. The SMILES string of the molecule is CCOC(=O)C(=CC(c1ncc(F)c(Cl)c1OC)C1CC1)C(=O)OCC. The Balaban J connectivity index is 2.51. The van der Waals surface area contributed by atoms with E-state index >= 15 is 0 Å². The molecule has 1 aromatic heterocycles. The summed E-state index contributed by atoms with van der Waals surface area (Å²) >= 11 is 5.98. The van der Waals surface area contributed by atoms with Crippen LogP contribution in [0.15, 0.2) is 17.8 Å². The van der Waals surface area contributed by atoms with Gasteiger partial charge < -0.3 is 14.2 Å². The molecule has 2 rings (SSSR count). The zero-order valence-electron chi connectivity index (χ0n) is 14.9. The Hall–Kier alpha value is -2.15. The van der Waals surface area contributed by atoms with E-state index in [9.17, 15) is 14.0 Å². The molecule has 0 aromatic carbocycles. The maximum atomic E-state index is 13.7. The predicted molar refractivity (Wildman–Crippen MR) is 92.6 cm³/mol. The van der Waals surface area contributed by atoms with Crippen molar-refractivity contribution < 1.29 is 28.2 Å². The predicted octanol–water partition coefficient (Wildman–Crippen LogP) is 3.43. The normalized spacial score (nSPS) is 14.3. The summed E-state index contributed by atoms with van der Waals surface area (Å²) in [6.07, 6.45) is 4.21. The van der Waals surface area contributed by atoms with Crippen molar-refractivity contribution in [1.82, 2.24) is 4.98 Å². The molecule has 1 heterocycles. The van der Waals surface area contributed by atoms with Gasteiger partial charge >= 0.3 is 11.9 Å². The topological polar surface area (TPSA) is 74.7 Å². The van der Waals surface area contributed by atoms with Gasteiger partial charge in [0.2, 0.25) is 0 Å². The van der Waals surface area contributed by atoms with Gasteiger partial charge in [-0.05, 0) is 32.6 Å². The molecule has 1 unspecified atom stereocenters. The minimum absolute atomic E-state index is 0.0897. The molecule has 1 aliphatic carbocycles. The van der Waals surface area contributed by atoms with E-state index in [1.165, 1.54) is 13.2 Å². The van der Waals surface area contributed by atoms with Crippen LogP contribution in [0.1, 0.15) is 38.3 Å². The molecule has 1 saturated carbocycles. The number of allylic oxidation sites excluding steroid dienone is 1. The number of ether oxygens (including phenoxy) is 3. The van der Waals surface area contributed by atoms with Crippen molar-refractivity contribution in [3.8, 4) is 5.75 Å². The zero-order chi connectivity index (χ0) is 19.3. The minimum atomic E-state index is -0.774. The van der Waals surface area contributed by atoms with E-state index < -0.39 is 23.7 Å².